The zero-order valence-electron chi connectivity index (χ0n) is 24.4. The van der Waals surface area contributed by atoms with Gasteiger partial charge in [-0.15, -0.1) is 0 Å². The Bertz CT molecular complexity index is 1620. The highest BCUT2D eigenvalue weighted by Crippen LogP contribution is 2.44. The second-order valence-corrected chi connectivity index (χ2v) is 11.6. The quantitative estimate of drug-likeness (QED) is 0.229. The minimum absolute atomic E-state index is 0.166. The largest absolute Gasteiger partial charge is 0.485 e. The number of aromatic nitrogens is 4. The average Bonchev–Trinajstić information content (AvgIpc) is 3.63. The summed E-state index contributed by atoms with van der Waals surface area (Å²) in [6, 6.07) is 13.9. The van der Waals surface area contributed by atoms with E-state index >= 15 is 0 Å². The second-order valence-electron chi connectivity index (χ2n) is 11.2. The van der Waals surface area contributed by atoms with E-state index in [9.17, 15) is 9.90 Å². The fourth-order valence-corrected chi connectivity index (χ4v) is 6.08. The topological polar surface area (TPSA) is 94.6 Å². The van der Waals surface area contributed by atoms with Crippen LogP contribution < -0.4 is 9.47 Å². The van der Waals surface area contributed by atoms with Gasteiger partial charge in [0.15, 0.2) is 17.6 Å². The van der Waals surface area contributed by atoms with Crippen LogP contribution >= 0.6 is 11.6 Å². The normalized spacial score (nSPS) is 17.7. The Morgan fingerprint density at radius 3 is 2.65 bits per heavy atom. The number of fused-ring (bicyclic) bond motifs is 1. The Morgan fingerprint density at radius 2 is 1.91 bits per heavy atom. The van der Waals surface area contributed by atoms with Crippen molar-refractivity contribution in [1.82, 2.24) is 24.0 Å². The number of carboxylic acid groups (broad SMARTS) is 1. The summed E-state index contributed by atoms with van der Waals surface area (Å²) in [6.45, 7) is 8.05. The molecule has 4 aromatic rings. The number of halogens is 1. The van der Waals surface area contributed by atoms with E-state index in [1.807, 2.05) is 42.9 Å². The maximum absolute atomic E-state index is 11.5. The highest BCUT2D eigenvalue weighted by atomic mass is 35.5. The molecule has 1 unspecified atom stereocenters. The summed E-state index contributed by atoms with van der Waals surface area (Å²) in [5, 5.41) is 10.2. The van der Waals surface area contributed by atoms with Gasteiger partial charge in [0.1, 0.15) is 12.4 Å². The molecule has 10 heteroatoms. The number of piperidine rings is 1. The van der Waals surface area contributed by atoms with Crippen molar-refractivity contribution in [2.24, 2.45) is 0 Å². The van der Waals surface area contributed by atoms with Crippen LogP contribution in [-0.2, 0) is 24.4 Å². The first-order chi connectivity index (χ1) is 20.9. The highest BCUT2D eigenvalue weighted by Gasteiger charge is 2.30. The third-order valence-corrected chi connectivity index (χ3v) is 8.67. The monoisotopic (exact) mass is 601 g/mol. The molecule has 1 atom stereocenters. The van der Waals surface area contributed by atoms with Crippen LogP contribution in [-0.4, -0.2) is 54.8 Å². The van der Waals surface area contributed by atoms with Crippen LogP contribution in [0.4, 0.5) is 0 Å². The van der Waals surface area contributed by atoms with Crippen LogP contribution in [0.5, 0.6) is 11.5 Å². The van der Waals surface area contributed by atoms with Crippen LogP contribution in [0.2, 0.25) is 5.02 Å². The van der Waals surface area contributed by atoms with Gasteiger partial charge in [-0.25, -0.2) is 14.8 Å². The van der Waals surface area contributed by atoms with Gasteiger partial charge in [-0.05, 0) is 75.5 Å². The Balaban J connectivity index is 1.15. The SMILES string of the molecule is CCn1cncc1Cn1c(/C=C(\C)C(=O)O)cnc1CN1CCC(c2cccc3c2OCC(c2ccc(Cl)cc2)O3)CC1. The first kappa shape index (κ1) is 29.0. The molecule has 9 nitrogen and oxygen atoms in total. The van der Waals surface area contributed by atoms with E-state index in [4.69, 9.17) is 26.1 Å². The predicted octanol–water partition coefficient (Wildman–Crippen LogP) is 6.18. The molecule has 6 rings (SSSR count). The molecule has 0 aliphatic carbocycles. The molecule has 2 aliphatic rings. The standard InChI is InChI=1S/C33H36ClN5O4/c1-3-38-21-35-16-27(38)18-39-26(15-22(2)33(40)41)17-36-31(39)19-37-13-11-23(12-14-37)28-5-4-6-29-32(28)42-20-30(43-29)24-7-9-25(34)10-8-24/h4-10,15-17,21,23,30H,3,11-14,18-20H2,1-2H3,(H,40,41)/b22-15+. The van der Waals surface area contributed by atoms with E-state index in [2.05, 4.69) is 38.1 Å². The number of hydrogen-bond acceptors (Lipinski definition) is 6. The molecule has 43 heavy (non-hydrogen) atoms. The first-order valence-electron chi connectivity index (χ1n) is 14.7. The van der Waals surface area contributed by atoms with E-state index in [0.29, 0.717) is 30.6 Å². The number of likely N-dealkylation sites (tertiary alicyclic amines) is 1. The van der Waals surface area contributed by atoms with Crippen molar-refractivity contribution >= 4 is 23.6 Å². The summed E-state index contributed by atoms with van der Waals surface area (Å²) in [7, 11) is 0. The van der Waals surface area contributed by atoms with Gasteiger partial charge in [-0.2, -0.15) is 0 Å². The van der Waals surface area contributed by atoms with Gasteiger partial charge >= 0.3 is 5.97 Å². The summed E-state index contributed by atoms with van der Waals surface area (Å²) in [6.07, 6.45) is 8.97. The molecule has 2 aromatic carbocycles. The Labute approximate surface area is 256 Å². The molecular weight excluding hydrogens is 566 g/mol. The predicted molar refractivity (Wildman–Crippen MR) is 165 cm³/mol. The molecule has 0 saturated carbocycles. The average molecular weight is 602 g/mol. The smallest absolute Gasteiger partial charge is 0.331 e. The summed E-state index contributed by atoms with van der Waals surface area (Å²) in [4.78, 5) is 23.0. The lowest BCUT2D eigenvalue weighted by atomic mass is 9.88. The fourth-order valence-electron chi connectivity index (χ4n) is 5.95. The third-order valence-electron chi connectivity index (χ3n) is 8.42. The van der Waals surface area contributed by atoms with E-state index < -0.39 is 5.97 Å². The van der Waals surface area contributed by atoms with Crippen LogP contribution in [0, 0.1) is 0 Å². The molecule has 0 radical (unpaired) electrons. The highest BCUT2D eigenvalue weighted by molar-refractivity contribution is 6.30. The number of imidazole rings is 2. The van der Waals surface area contributed by atoms with Gasteiger partial charge in [0, 0.05) is 28.9 Å². The molecule has 1 saturated heterocycles. The lowest BCUT2D eigenvalue weighted by Crippen LogP contribution is -2.34. The Hall–Kier alpha value is -4.08. The molecule has 1 N–H and O–H groups in total. The van der Waals surface area contributed by atoms with Gasteiger partial charge in [0.25, 0.3) is 0 Å². The molecular formula is C33H36ClN5O4. The fraction of sp³-hybridized carbons (Fsp3) is 0.364. The number of aryl methyl sites for hydroxylation is 1. The number of carbonyl (C=O) groups is 1. The third kappa shape index (κ3) is 6.33. The van der Waals surface area contributed by atoms with Crippen molar-refractivity contribution in [3.05, 3.63) is 100 Å². The number of para-hydroxylation sites is 1. The number of aliphatic carboxylic acids is 1. The zero-order valence-corrected chi connectivity index (χ0v) is 25.2. The molecule has 4 heterocycles. The minimum Gasteiger partial charge on any atom is -0.485 e. The maximum Gasteiger partial charge on any atom is 0.331 e. The van der Waals surface area contributed by atoms with Crippen molar-refractivity contribution in [2.45, 2.75) is 58.3 Å². The van der Waals surface area contributed by atoms with Crippen LogP contribution in [0.15, 0.2) is 66.8 Å². The number of rotatable bonds is 9. The van der Waals surface area contributed by atoms with E-state index in [1.54, 1.807) is 19.2 Å². The summed E-state index contributed by atoms with van der Waals surface area (Å²) < 4.78 is 16.9. The van der Waals surface area contributed by atoms with E-state index in [1.165, 1.54) is 5.56 Å². The molecule has 2 aromatic heterocycles. The molecule has 224 valence electrons. The molecule has 2 aliphatic heterocycles. The van der Waals surface area contributed by atoms with Gasteiger partial charge in [0.2, 0.25) is 0 Å². The van der Waals surface area contributed by atoms with Crippen molar-refractivity contribution in [3.63, 3.8) is 0 Å². The van der Waals surface area contributed by atoms with Crippen LogP contribution in [0.25, 0.3) is 6.08 Å². The second kappa shape index (κ2) is 12.7. The van der Waals surface area contributed by atoms with Crippen LogP contribution in [0.1, 0.15) is 67.1 Å². The lowest BCUT2D eigenvalue weighted by molar-refractivity contribution is -0.132. The van der Waals surface area contributed by atoms with Crippen molar-refractivity contribution < 1.29 is 19.4 Å². The molecule has 0 amide bonds. The van der Waals surface area contributed by atoms with E-state index in [0.717, 1.165) is 66.8 Å². The minimum atomic E-state index is -0.937. The van der Waals surface area contributed by atoms with E-state index in [-0.39, 0.29) is 11.7 Å². The summed E-state index contributed by atoms with van der Waals surface area (Å²) in [5.74, 6) is 2.00. The van der Waals surface area contributed by atoms with Crippen molar-refractivity contribution in [3.8, 4) is 11.5 Å². The number of carboxylic acids is 1. The first-order valence-corrected chi connectivity index (χ1v) is 15.1. The Kier molecular flexibility index (Phi) is 8.54. The number of nitrogens with zero attached hydrogens (tertiary/aromatic N) is 5. The Morgan fingerprint density at radius 1 is 1.12 bits per heavy atom. The van der Waals surface area contributed by atoms with Gasteiger partial charge in [-0.1, -0.05) is 35.9 Å². The number of ether oxygens (including phenoxy) is 2. The summed E-state index contributed by atoms with van der Waals surface area (Å²) >= 11 is 6.07. The van der Waals surface area contributed by atoms with Gasteiger partial charge in [-0.3, -0.25) is 4.90 Å². The van der Waals surface area contributed by atoms with Crippen LogP contribution in [0.3, 0.4) is 0 Å². The zero-order chi connectivity index (χ0) is 29.9. The van der Waals surface area contributed by atoms with Crippen molar-refractivity contribution in [1.29, 1.82) is 0 Å². The van der Waals surface area contributed by atoms with Gasteiger partial charge in [0.05, 0.1) is 37.0 Å². The molecule has 0 bridgehead atoms. The lowest BCUT2D eigenvalue weighted by Gasteiger charge is -2.34. The summed E-state index contributed by atoms with van der Waals surface area (Å²) in [5.41, 5.74) is 4.35. The molecule has 0 spiro atoms. The molecule has 1 fully saturated rings. The van der Waals surface area contributed by atoms with Crippen molar-refractivity contribution in [2.75, 3.05) is 19.7 Å². The number of hydrogen-bond donors (Lipinski definition) is 1. The number of benzene rings is 2. The maximum atomic E-state index is 11.5. The van der Waals surface area contributed by atoms with Gasteiger partial charge < -0.3 is 23.7 Å².